The van der Waals surface area contributed by atoms with Crippen molar-refractivity contribution in [3.63, 3.8) is 0 Å². The van der Waals surface area contributed by atoms with Crippen LogP contribution in [0.2, 0.25) is 0 Å². The van der Waals surface area contributed by atoms with Crippen LogP contribution in [0.3, 0.4) is 0 Å². The van der Waals surface area contributed by atoms with Gasteiger partial charge in [-0.2, -0.15) is 11.8 Å². The summed E-state index contributed by atoms with van der Waals surface area (Å²) in [5, 5.41) is 0. The summed E-state index contributed by atoms with van der Waals surface area (Å²) in [6, 6.07) is 21.2. The number of aromatic nitrogens is 2. The first-order valence-electron chi connectivity index (χ1n) is 7.25. The Morgan fingerprint density at radius 3 is 1.44 bits per heavy atom. The molecule has 10 heteroatoms. The van der Waals surface area contributed by atoms with Gasteiger partial charge in [0.25, 0.3) is 0 Å². The summed E-state index contributed by atoms with van der Waals surface area (Å²) in [6.07, 6.45) is 5.08. The Kier molecular flexibility index (Phi) is 16.8. The molecule has 0 atom stereocenters. The smallest absolute Gasteiger partial charge is 0.0919 e. The van der Waals surface area contributed by atoms with Gasteiger partial charge in [0, 0.05) is 49.7 Å². The Bertz CT molecular complexity index is 637. The van der Waals surface area contributed by atoms with E-state index in [1.807, 2.05) is 11.8 Å². The van der Waals surface area contributed by atoms with Gasteiger partial charge in [-0.25, -0.2) is 4.98 Å². The predicted molar refractivity (Wildman–Crippen MR) is 131 cm³/mol. The minimum absolute atomic E-state index is 0. The molecule has 3 aromatic rings. The van der Waals surface area contributed by atoms with Gasteiger partial charge in [0.05, 0.1) is 6.33 Å². The average Bonchev–Trinajstić information content (AvgIpc) is 3.14. The van der Waals surface area contributed by atoms with Gasteiger partial charge < -0.3 is 4.98 Å². The van der Waals surface area contributed by atoms with Crippen molar-refractivity contribution >= 4 is 78.9 Å². The SMILES string of the molecule is [Br][Re]([Br])([Br])([Br])[Br].[Hf].c1c[nH]cn1.c1ccc(CSCc2ccccc2)cc1. The number of nitrogens with zero attached hydrogens (tertiary/aromatic N) is 1. The fourth-order valence-electron chi connectivity index (χ4n) is 1.65. The van der Waals surface area contributed by atoms with Gasteiger partial charge in [-0.05, 0) is 11.1 Å². The molecule has 2 nitrogen and oxygen atoms in total. The molecule has 0 aliphatic rings. The molecule has 1 heterocycles. The zero-order valence-corrected chi connectivity index (χ0v) is 29.1. The molecule has 0 radical (unpaired) electrons. The van der Waals surface area contributed by atoms with Crippen LogP contribution in [-0.2, 0) is 41.6 Å². The number of hydrogen-bond donors (Lipinski definition) is 1. The molecule has 0 bridgehead atoms. The number of thioether (sulfide) groups is 1. The number of H-pyrrole nitrogens is 1. The third-order valence-corrected chi connectivity index (χ3v) is 3.70. The second kappa shape index (κ2) is 15.7. The molecule has 2 aromatic carbocycles. The summed E-state index contributed by atoms with van der Waals surface area (Å²) in [7, 11) is 0. The molecule has 0 amide bonds. The van der Waals surface area contributed by atoms with E-state index in [0.29, 0.717) is 0 Å². The molecule has 0 unspecified atom stereocenters. The van der Waals surface area contributed by atoms with Gasteiger partial charge >= 0.3 is 71.4 Å². The zero-order valence-electron chi connectivity index (χ0n) is 14.0. The number of halogens is 5. The zero-order chi connectivity index (χ0) is 19.3. The van der Waals surface area contributed by atoms with Gasteiger partial charge in [-0.3, -0.25) is 0 Å². The summed E-state index contributed by atoms with van der Waals surface area (Å²) >= 11 is 18.7. The molecule has 1 N–H and O–H groups in total. The molecule has 0 spiro atoms. The Morgan fingerprint density at radius 2 is 1.19 bits per heavy atom. The van der Waals surface area contributed by atoms with Crippen molar-refractivity contribution in [2.24, 2.45) is 0 Å². The third kappa shape index (κ3) is 22.4. The fraction of sp³-hybridized carbons (Fsp3) is 0.118. The van der Waals surface area contributed by atoms with Crippen LogP contribution in [0.4, 0.5) is 0 Å². The number of nitrogens with one attached hydrogen (secondary N) is 1. The quantitative estimate of drug-likeness (QED) is 0.265. The second-order valence-corrected chi connectivity index (χ2v) is 125. The fourth-order valence-corrected chi connectivity index (χ4v) is 2.61. The van der Waals surface area contributed by atoms with Crippen LogP contribution in [0.15, 0.2) is 79.4 Å². The molecular weight excluding hydrogens is 1030 g/mol. The molecule has 0 saturated carbocycles. The number of hydrogen-bond acceptors (Lipinski definition) is 2. The van der Waals surface area contributed by atoms with E-state index in [2.05, 4.69) is 138 Å². The van der Waals surface area contributed by atoms with Crippen molar-refractivity contribution in [3.05, 3.63) is 90.5 Å². The maximum atomic E-state index is 3.67. The van der Waals surface area contributed by atoms with E-state index in [9.17, 15) is 0 Å². The molecule has 3 rings (SSSR count). The van der Waals surface area contributed by atoms with E-state index < -0.39 is 4.23 Å². The maximum absolute atomic E-state index is 3.67. The normalized spacial score (nSPS) is 11.4. The number of aromatic amines is 1. The second-order valence-electron chi connectivity index (χ2n) is 4.76. The van der Waals surface area contributed by atoms with Crippen LogP contribution >= 0.6 is 78.9 Å². The molecule has 0 aliphatic heterocycles. The van der Waals surface area contributed by atoms with Crippen LogP contribution in [0.5, 0.6) is 0 Å². The van der Waals surface area contributed by atoms with Crippen molar-refractivity contribution in [1.82, 2.24) is 9.97 Å². The minimum Gasteiger partial charge on any atom is -0.351 e. The largest absolute Gasteiger partial charge is 0.351 e. The predicted octanol–water partition coefficient (Wildman–Crippen LogP) is 8.75. The standard InChI is InChI=1S/C14H14S.C3H4N2.5BrH.Hf.Re/c1-3-7-13(8-4-1)11-15-12-14-9-5-2-6-10-14;1-2-5-3-4-1;;;;;;;/h1-10H,11-12H2;1-3H,(H,4,5);5*1H;;/q;;;;;;;;+5/p-5. The van der Waals surface area contributed by atoms with Crippen molar-refractivity contribution in [2.45, 2.75) is 11.5 Å². The summed E-state index contributed by atoms with van der Waals surface area (Å²) in [6.45, 7) is 0. The van der Waals surface area contributed by atoms with Crippen molar-refractivity contribution in [3.8, 4) is 0 Å². The van der Waals surface area contributed by atoms with E-state index in [-0.39, 0.29) is 25.8 Å². The van der Waals surface area contributed by atoms with Crippen molar-refractivity contribution < 1.29 is 30.1 Å². The Morgan fingerprint density at radius 1 is 0.778 bits per heavy atom. The van der Waals surface area contributed by atoms with Gasteiger partial charge in [-0.1, -0.05) is 60.7 Å². The van der Waals surface area contributed by atoms with Gasteiger partial charge in [-0.15, -0.1) is 0 Å². The van der Waals surface area contributed by atoms with Crippen LogP contribution in [0.25, 0.3) is 0 Å². The molecule has 0 fully saturated rings. The van der Waals surface area contributed by atoms with Crippen LogP contribution in [0, 0.1) is 0 Å². The summed E-state index contributed by atoms with van der Waals surface area (Å²) in [5.41, 5.74) is 2.80. The van der Waals surface area contributed by atoms with E-state index in [0.717, 1.165) is 11.5 Å². The van der Waals surface area contributed by atoms with Crippen molar-refractivity contribution in [1.29, 1.82) is 0 Å². The van der Waals surface area contributed by atoms with Gasteiger partial charge in [0.2, 0.25) is 0 Å². The molecule has 27 heavy (non-hydrogen) atoms. The molecule has 1 aromatic heterocycles. The van der Waals surface area contributed by atoms with E-state index in [4.69, 9.17) is 0 Å². The minimum atomic E-state index is -2.64. The Labute approximate surface area is 217 Å². The summed E-state index contributed by atoms with van der Waals surface area (Å²) in [5.74, 6) is 2.19. The Hall–Kier alpha value is 1.93. The van der Waals surface area contributed by atoms with E-state index >= 15 is 0 Å². The molecule has 148 valence electrons. The topological polar surface area (TPSA) is 28.7 Å². The van der Waals surface area contributed by atoms with E-state index in [1.54, 1.807) is 18.7 Å². The average molecular weight is 1050 g/mol. The molecular formula is C17H18Br5HfN2ReS. The van der Waals surface area contributed by atoms with Crippen LogP contribution in [-0.4, -0.2) is 9.97 Å². The van der Waals surface area contributed by atoms with Crippen LogP contribution < -0.4 is 0 Å². The Balaban J connectivity index is 0.000000468. The maximum Gasteiger partial charge on any atom is 0.0919 e. The summed E-state index contributed by atoms with van der Waals surface area (Å²) in [4.78, 5) is 6.42. The first-order valence-corrected chi connectivity index (χ1v) is 38.1. The number of imidazole rings is 1. The molecule has 0 aliphatic carbocycles. The number of rotatable bonds is 4. The number of benzene rings is 2. The summed E-state index contributed by atoms with van der Waals surface area (Å²) < 4.78 is -2.64. The van der Waals surface area contributed by atoms with Gasteiger partial charge in [0.15, 0.2) is 0 Å². The first kappa shape index (κ1) is 28.9. The monoisotopic (exact) mass is 1040 g/mol. The first-order chi connectivity index (χ1) is 12.2. The van der Waals surface area contributed by atoms with Crippen molar-refractivity contribution in [2.75, 3.05) is 0 Å². The van der Waals surface area contributed by atoms with E-state index in [1.165, 1.54) is 11.1 Å². The molecule has 0 saturated heterocycles. The third-order valence-electron chi connectivity index (χ3n) is 2.63. The van der Waals surface area contributed by atoms with Gasteiger partial charge in [0.1, 0.15) is 0 Å². The van der Waals surface area contributed by atoms with Crippen LogP contribution in [0.1, 0.15) is 11.1 Å².